The predicted octanol–water partition coefficient (Wildman–Crippen LogP) is 3.38. The van der Waals surface area contributed by atoms with Gasteiger partial charge in [0.1, 0.15) is 5.82 Å². The van der Waals surface area contributed by atoms with Crippen molar-refractivity contribution in [2.24, 2.45) is 0 Å². The average molecular weight is 356 g/mol. The number of benzene rings is 2. The number of hydrogen-bond acceptors (Lipinski definition) is 4. The minimum Gasteiger partial charge on any atom is -0.378 e. The van der Waals surface area contributed by atoms with Gasteiger partial charge in [-0.25, -0.2) is 17.4 Å². The van der Waals surface area contributed by atoms with Crippen molar-refractivity contribution >= 4 is 21.1 Å². The number of ether oxygens (including phenoxy) is 1. The number of fused-ring (bicyclic) bond motifs is 1. The Morgan fingerprint density at radius 3 is 2.60 bits per heavy atom. The van der Waals surface area contributed by atoms with E-state index >= 15 is 0 Å². The van der Waals surface area contributed by atoms with Crippen LogP contribution in [0.3, 0.4) is 0 Å². The SMILES string of the molecule is O=S(=O)(c1ccccc1)n1c(CCC2CCCO2)nc2ccccc21. The molecule has 0 saturated carbocycles. The van der Waals surface area contributed by atoms with E-state index in [1.54, 1.807) is 30.3 Å². The maximum absolute atomic E-state index is 13.2. The highest BCUT2D eigenvalue weighted by Gasteiger charge is 2.25. The smallest absolute Gasteiger partial charge is 0.269 e. The van der Waals surface area contributed by atoms with Crippen LogP contribution in [0.5, 0.6) is 0 Å². The third-order valence-corrected chi connectivity index (χ3v) is 6.34. The number of nitrogens with zero attached hydrogens (tertiary/aromatic N) is 2. The minimum absolute atomic E-state index is 0.202. The molecular formula is C19H20N2O3S. The van der Waals surface area contributed by atoms with Crippen LogP contribution in [-0.4, -0.2) is 30.1 Å². The topological polar surface area (TPSA) is 61.2 Å². The summed E-state index contributed by atoms with van der Waals surface area (Å²) in [5.41, 5.74) is 1.32. The molecule has 130 valence electrons. The van der Waals surface area contributed by atoms with Gasteiger partial charge in [0.15, 0.2) is 0 Å². The lowest BCUT2D eigenvalue weighted by atomic mass is 10.1. The van der Waals surface area contributed by atoms with Crippen molar-refractivity contribution in [1.29, 1.82) is 0 Å². The van der Waals surface area contributed by atoms with Crippen molar-refractivity contribution in [1.82, 2.24) is 8.96 Å². The van der Waals surface area contributed by atoms with E-state index in [4.69, 9.17) is 4.74 Å². The summed E-state index contributed by atoms with van der Waals surface area (Å²) < 4.78 is 33.5. The second-order valence-electron chi connectivity index (χ2n) is 6.27. The number of para-hydroxylation sites is 2. The monoisotopic (exact) mass is 356 g/mol. The first kappa shape index (κ1) is 16.3. The molecule has 1 fully saturated rings. The first-order valence-corrected chi connectivity index (χ1v) is 9.99. The molecule has 2 heterocycles. The Kier molecular flexibility index (Phi) is 4.31. The van der Waals surface area contributed by atoms with Crippen LogP contribution in [0.1, 0.15) is 25.1 Å². The van der Waals surface area contributed by atoms with E-state index in [0.29, 0.717) is 23.3 Å². The van der Waals surface area contributed by atoms with Gasteiger partial charge in [0.05, 0.1) is 22.0 Å². The van der Waals surface area contributed by atoms with Crippen molar-refractivity contribution in [3.63, 3.8) is 0 Å². The summed E-state index contributed by atoms with van der Waals surface area (Å²) in [6, 6.07) is 15.9. The van der Waals surface area contributed by atoms with Gasteiger partial charge in [0.2, 0.25) is 0 Å². The zero-order chi connectivity index (χ0) is 17.3. The number of hydrogen-bond donors (Lipinski definition) is 0. The van der Waals surface area contributed by atoms with E-state index < -0.39 is 10.0 Å². The quantitative estimate of drug-likeness (QED) is 0.703. The standard InChI is InChI=1S/C19H20N2O3S/c22-25(23,16-8-2-1-3-9-16)21-18-11-5-4-10-17(18)20-19(21)13-12-15-7-6-14-24-15/h1-5,8-11,15H,6-7,12-14H2. The first-order valence-electron chi connectivity index (χ1n) is 8.55. The lowest BCUT2D eigenvalue weighted by Gasteiger charge is -2.12. The Morgan fingerprint density at radius 1 is 1.08 bits per heavy atom. The molecule has 6 heteroatoms. The van der Waals surface area contributed by atoms with Gasteiger partial charge >= 0.3 is 0 Å². The van der Waals surface area contributed by atoms with Crippen LogP contribution in [0.4, 0.5) is 0 Å². The molecule has 4 rings (SSSR count). The number of aromatic nitrogens is 2. The number of aryl methyl sites for hydroxylation is 1. The Balaban J connectivity index is 1.79. The molecular weight excluding hydrogens is 336 g/mol. The Bertz CT molecular complexity index is 974. The van der Waals surface area contributed by atoms with Gasteiger partial charge < -0.3 is 4.74 Å². The van der Waals surface area contributed by atoms with Gasteiger partial charge in [-0.05, 0) is 43.5 Å². The molecule has 5 nitrogen and oxygen atoms in total. The Morgan fingerprint density at radius 2 is 1.84 bits per heavy atom. The molecule has 1 saturated heterocycles. The van der Waals surface area contributed by atoms with E-state index in [0.717, 1.165) is 25.9 Å². The van der Waals surface area contributed by atoms with Crippen LogP contribution in [0, 0.1) is 0 Å². The molecule has 0 radical (unpaired) electrons. The highest BCUT2D eigenvalue weighted by Crippen LogP contribution is 2.25. The second-order valence-corrected chi connectivity index (χ2v) is 8.06. The largest absolute Gasteiger partial charge is 0.378 e. The minimum atomic E-state index is -3.69. The first-order chi connectivity index (χ1) is 12.2. The molecule has 0 bridgehead atoms. The zero-order valence-corrected chi connectivity index (χ0v) is 14.7. The molecule has 25 heavy (non-hydrogen) atoms. The maximum Gasteiger partial charge on any atom is 0.269 e. The van der Waals surface area contributed by atoms with Crippen molar-refractivity contribution in [2.45, 2.75) is 36.7 Å². The van der Waals surface area contributed by atoms with Crippen molar-refractivity contribution < 1.29 is 13.2 Å². The van der Waals surface area contributed by atoms with Crippen LogP contribution >= 0.6 is 0 Å². The van der Waals surface area contributed by atoms with Crippen LogP contribution in [-0.2, 0) is 21.2 Å². The molecule has 1 aliphatic heterocycles. The van der Waals surface area contributed by atoms with E-state index in [2.05, 4.69) is 4.98 Å². The molecule has 2 aromatic carbocycles. The number of imidazole rings is 1. The summed E-state index contributed by atoms with van der Waals surface area (Å²) >= 11 is 0. The fraction of sp³-hybridized carbons (Fsp3) is 0.316. The fourth-order valence-electron chi connectivity index (χ4n) is 3.34. The van der Waals surface area contributed by atoms with Gasteiger partial charge in [-0.15, -0.1) is 0 Å². The van der Waals surface area contributed by atoms with Crippen molar-refractivity contribution in [2.75, 3.05) is 6.61 Å². The molecule has 0 N–H and O–H groups in total. The highest BCUT2D eigenvalue weighted by atomic mass is 32.2. The zero-order valence-electron chi connectivity index (χ0n) is 13.8. The summed E-state index contributed by atoms with van der Waals surface area (Å²) in [6.07, 6.45) is 3.67. The third-order valence-electron chi connectivity index (χ3n) is 4.58. The summed E-state index contributed by atoms with van der Waals surface area (Å²) in [6.45, 7) is 0.795. The van der Waals surface area contributed by atoms with Gasteiger partial charge in [-0.3, -0.25) is 0 Å². The van der Waals surface area contributed by atoms with Crippen LogP contribution in [0.15, 0.2) is 59.5 Å². The highest BCUT2D eigenvalue weighted by molar-refractivity contribution is 7.90. The van der Waals surface area contributed by atoms with Crippen molar-refractivity contribution in [3.8, 4) is 0 Å². The lowest BCUT2D eigenvalue weighted by molar-refractivity contribution is 0.104. The second kappa shape index (κ2) is 6.61. The molecule has 0 spiro atoms. The van der Waals surface area contributed by atoms with Gasteiger partial charge in [-0.1, -0.05) is 30.3 Å². The van der Waals surface area contributed by atoms with Crippen LogP contribution in [0.2, 0.25) is 0 Å². The molecule has 1 aromatic heterocycles. The number of rotatable bonds is 5. The summed E-state index contributed by atoms with van der Waals surface area (Å²) in [5.74, 6) is 0.570. The summed E-state index contributed by atoms with van der Waals surface area (Å²) in [5, 5.41) is 0. The van der Waals surface area contributed by atoms with E-state index in [-0.39, 0.29) is 11.0 Å². The van der Waals surface area contributed by atoms with Crippen LogP contribution in [0.25, 0.3) is 11.0 Å². The molecule has 0 aliphatic carbocycles. The van der Waals surface area contributed by atoms with E-state index in [1.807, 2.05) is 24.3 Å². The fourth-order valence-corrected chi connectivity index (χ4v) is 4.87. The molecule has 0 amide bonds. The molecule has 1 unspecified atom stereocenters. The predicted molar refractivity (Wildman–Crippen MR) is 96.1 cm³/mol. The Labute approximate surface area is 147 Å². The maximum atomic E-state index is 13.2. The summed E-state index contributed by atoms with van der Waals surface area (Å²) in [7, 11) is -3.69. The van der Waals surface area contributed by atoms with Gasteiger partial charge in [0.25, 0.3) is 10.0 Å². The lowest BCUT2D eigenvalue weighted by Crippen LogP contribution is -2.17. The van der Waals surface area contributed by atoms with Gasteiger partial charge in [-0.2, -0.15) is 0 Å². The molecule has 1 aliphatic rings. The van der Waals surface area contributed by atoms with Crippen molar-refractivity contribution in [3.05, 3.63) is 60.4 Å². The third kappa shape index (κ3) is 3.07. The normalized spacial score (nSPS) is 18.0. The van der Waals surface area contributed by atoms with Gasteiger partial charge in [0, 0.05) is 13.0 Å². The Hall–Kier alpha value is -2.18. The van der Waals surface area contributed by atoms with E-state index in [1.165, 1.54) is 3.97 Å². The summed E-state index contributed by atoms with van der Waals surface area (Å²) in [4.78, 5) is 4.87. The average Bonchev–Trinajstić information content (AvgIpc) is 3.28. The van der Waals surface area contributed by atoms with E-state index in [9.17, 15) is 8.42 Å². The molecule has 1 atom stereocenters. The van der Waals surface area contributed by atoms with Crippen LogP contribution < -0.4 is 0 Å². The molecule has 3 aromatic rings.